The van der Waals surface area contributed by atoms with E-state index in [9.17, 15) is 4.79 Å². The van der Waals surface area contributed by atoms with Gasteiger partial charge in [0, 0.05) is 6.42 Å². The lowest BCUT2D eigenvalue weighted by atomic mass is 9.47. The van der Waals surface area contributed by atoms with Crippen LogP contribution in [0.2, 0.25) is 0 Å². The average molecular weight is 536 g/mol. The third-order valence-electron chi connectivity index (χ3n) is 11.0. The van der Waals surface area contributed by atoms with Crippen molar-refractivity contribution in [2.24, 2.45) is 46.3 Å². The molecule has 194 valence electrons. The summed E-state index contributed by atoms with van der Waals surface area (Å²) in [6, 6.07) is 0. The van der Waals surface area contributed by atoms with Crippen LogP contribution in [-0.4, -0.2) is 16.4 Å². The van der Waals surface area contributed by atoms with Gasteiger partial charge in [0.05, 0.1) is 0 Å². The van der Waals surface area contributed by atoms with Crippen molar-refractivity contribution in [2.75, 3.05) is 0 Å². The van der Waals surface area contributed by atoms with Gasteiger partial charge in [-0.2, -0.15) is 0 Å². The molecule has 3 saturated carbocycles. The topological polar surface area (TPSA) is 26.3 Å². The summed E-state index contributed by atoms with van der Waals surface area (Å²) in [5.74, 6) is 5.10. The van der Waals surface area contributed by atoms with Crippen LogP contribution < -0.4 is 0 Å². The first-order valence-corrected chi connectivity index (χ1v) is 15.2. The second-order valence-corrected chi connectivity index (χ2v) is 16.0. The van der Waals surface area contributed by atoms with Gasteiger partial charge in [-0.3, -0.25) is 4.79 Å². The fraction of sp³-hybridized carbons (Fsp3) is 0.903. The maximum atomic E-state index is 12.5. The third-order valence-corrected chi connectivity index (χ3v) is 11.3. The minimum Gasteiger partial charge on any atom is -0.461 e. The van der Waals surface area contributed by atoms with E-state index >= 15 is 0 Å². The zero-order valence-corrected chi connectivity index (χ0v) is 24.7. The van der Waals surface area contributed by atoms with Crippen LogP contribution in [0.4, 0.5) is 0 Å². The smallest absolute Gasteiger partial charge is 0.322 e. The zero-order valence-electron chi connectivity index (χ0n) is 23.1. The Morgan fingerprint density at radius 2 is 1.82 bits per heavy atom. The highest BCUT2D eigenvalue weighted by Gasteiger charge is 2.59. The van der Waals surface area contributed by atoms with E-state index in [1.165, 1.54) is 57.8 Å². The Bertz CT molecular complexity index is 779. The standard InChI is InChI=1S/C31H51BrO2/c1-20(2)9-8-10-21(3)25-13-14-26-24-12-11-22-19-23(34-28(33)29(4,5)32)15-17-30(22,6)27(24)16-18-31(25,26)7/h11,20-21,23-27H,8-10,12-19H2,1-7H3/t21-,23-,24+,25-,26+,27+,30-,31+/m0/s1. The molecule has 0 spiro atoms. The minimum atomic E-state index is -0.599. The second-order valence-electron chi connectivity index (χ2n) is 14.0. The predicted octanol–water partition coefficient (Wildman–Crippen LogP) is 9.11. The summed E-state index contributed by atoms with van der Waals surface area (Å²) in [6.45, 7) is 16.3. The first kappa shape index (κ1) is 26.7. The molecule has 8 atom stereocenters. The van der Waals surface area contributed by atoms with Gasteiger partial charge in [0.2, 0.25) is 0 Å². The number of carbonyl (C=O) groups excluding carboxylic acids is 1. The summed E-state index contributed by atoms with van der Waals surface area (Å²) in [7, 11) is 0. The molecule has 0 aromatic carbocycles. The number of fused-ring (bicyclic) bond motifs is 5. The monoisotopic (exact) mass is 534 g/mol. The SMILES string of the molecule is CC(C)CCC[C@H](C)[C@@H]1CC[C@@H]2[C@H]3CC=C4C[C@@H](OC(=O)C(C)(C)Br)CC[C@]4(C)[C@@H]3CC[C@@]21C. The molecule has 4 aliphatic carbocycles. The molecule has 4 rings (SSSR count). The van der Waals surface area contributed by atoms with E-state index in [0.717, 1.165) is 48.3 Å². The number of halogens is 1. The Labute approximate surface area is 218 Å². The van der Waals surface area contributed by atoms with E-state index in [2.05, 4.69) is 56.6 Å². The van der Waals surface area contributed by atoms with Gasteiger partial charge >= 0.3 is 5.97 Å². The van der Waals surface area contributed by atoms with E-state index < -0.39 is 4.32 Å². The molecule has 0 amide bonds. The molecular formula is C31H51BrO2. The van der Waals surface area contributed by atoms with Crippen molar-refractivity contribution < 1.29 is 9.53 Å². The summed E-state index contributed by atoms with van der Waals surface area (Å²) in [4.78, 5) is 12.5. The van der Waals surface area contributed by atoms with Gasteiger partial charge in [-0.1, -0.05) is 81.5 Å². The van der Waals surface area contributed by atoms with Crippen LogP contribution >= 0.6 is 15.9 Å². The summed E-state index contributed by atoms with van der Waals surface area (Å²) in [6.07, 6.45) is 17.0. The van der Waals surface area contributed by atoms with Crippen molar-refractivity contribution in [1.29, 1.82) is 0 Å². The van der Waals surface area contributed by atoms with Gasteiger partial charge in [-0.05, 0) is 105 Å². The molecule has 0 N–H and O–H groups in total. The normalized spacial score (nSPS) is 40.7. The lowest BCUT2D eigenvalue weighted by Gasteiger charge is -2.58. The highest BCUT2D eigenvalue weighted by molar-refractivity contribution is 9.10. The van der Waals surface area contributed by atoms with Crippen molar-refractivity contribution >= 4 is 21.9 Å². The van der Waals surface area contributed by atoms with Crippen molar-refractivity contribution in [2.45, 2.75) is 130 Å². The molecule has 3 fully saturated rings. The molecular weight excluding hydrogens is 484 g/mol. The van der Waals surface area contributed by atoms with E-state index in [1.54, 1.807) is 5.57 Å². The molecule has 0 aromatic rings. The molecule has 0 aromatic heterocycles. The first-order chi connectivity index (χ1) is 15.9. The summed E-state index contributed by atoms with van der Waals surface area (Å²) in [5, 5.41) is 0. The van der Waals surface area contributed by atoms with Gasteiger partial charge in [0.25, 0.3) is 0 Å². The van der Waals surface area contributed by atoms with E-state index in [0.29, 0.717) is 10.8 Å². The van der Waals surface area contributed by atoms with Crippen molar-refractivity contribution in [3.63, 3.8) is 0 Å². The number of ether oxygens (including phenoxy) is 1. The van der Waals surface area contributed by atoms with Gasteiger partial charge in [0.15, 0.2) is 0 Å². The van der Waals surface area contributed by atoms with Crippen LogP contribution in [-0.2, 0) is 9.53 Å². The zero-order chi connectivity index (χ0) is 24.9. The third kappa shape index (κ3) is 4.95. The Kier molecular flexibility index (Phi) is 7.76. The summed E-state index contributed by atoms with van der Waals surface area (Å²) in [5.41, 5.74) is 2.47. The van der Waals surface area contributed by atoms with Gasteiger partial charge in [-0.25, -0.2) is 0 Å². The van der Waals surface area contributed by atoms with Crippen molar-refractivity contribution in [1.82, 2.24) is 0 Å². The van der Waals surface area contributed by atoms with Crippen LogP contribution in [0, 0.1) is 46.3 Å². The first-order valence-electron chi connectivity index (χ1n) is 14.5. The number of esters is 1. The Hall–Kier alpha value is -0.310. The maximum absolute atomic E-state index is 12.5. The van der Waals surface area contributed by atoms with Crippen LogP contribution in [0.1, 0.15) is 119 Å². The lowest BCUT2D eigenvalue weighted by molar-refractivity contribution is -0.153. The van der Waals surface area contributed by atoms with Gasteiger partial charge in [-0.15, -0.1) is 0 Å². The molecule has 0 radical (unpaired) electrons. The summed E-state index contributed by atoms with van der Waals surface area (Å²) < 4.78 is 5.33. The molecule has 0 saturated heterocycles. The molecule has 4 aliphatic rings. The molecule has 0 bridgehead atoms. The van der Waals surface area contributed by atoms with Crippen molar-refractivity contribution in [3.8, 4) is 0 Å². The van der Waals surface area contributed by atoms with Gasteiger partial charge in [0.1, 0.15) is 10.4 Å². The van der Waals surface area contributed by atoms with Crippen molar-refractivity contribution in [3.05, 3.63) is 11.6 Å². The number of hydrogen-bond acceptors (Lipinski definition) is 2. The Morgan fingerprint density at radius 3 is 2.50 bits per heavy atom. The number of carbonyl (C=O) groups is 1. The maximum Gasteiger partial charge on any atom is 0.322 e. The predicted molar refractivity (Wildman–Crippen MR) is 146 cm³/mol. The van der Waals surface area contributed by atoms with Crippen LogP contribution in [0.25, 0.3) is 0 Å². The fourth-order valence-electron chi connectivity index (χ4n) is 9.04. The lowest BCUT2D eigenvalue weighted by Crippen LogP contribution is -2.51. The largest absolute Gasteiger partial charge is 0.461 e. The number of hydrogen-bond donors (Lipinski definition) is 0. The second kappa shape index (κ2) is 9.86. The number of allylic oxidation sites excluding steroid dienone is 1. The van der Waals surface area contributed by atoms with E-state index in [1.807, 2.05) is 13.8 Å². The molecule has 2 nitrogen and oxygen atoms in total. The summed E-state index contributed by atoms with van der Waals surface area (Å²) >= 11 is 3.47. The number of alkyl halides is 1. The molecule has 3 heteroatoms. The highest BCUT2D eigenvalue weighted by Crippen LogP contribution is 2.67. The van der Waals surface area contributed by atoms with Gasteiger partial charge < -0.3 is 4.74 Å². The van der Waals surface area contributed by atoms with E-state index in [4.69, 9.17) is 4.74 Å². The Balaban J connectivity index is 1.44. The van der Waals surface area contributed by atoms with Crippen LogP contribution in [0.5, 0.6) is 0 Å². The molecule has 34 heavy (non-hydrogen) atoms. The quantitative estimate of drug-likeness (QED) is 0.185. The van der Waals surface area contributed by atoms with Crippen LogP contribution in [0.3, 0.4) is 0 Å². The average Bonchev–Trinajstić information content (AvgIpc) is 3.10. The van der Waals surface area contributed by atoms with E-state index in [-0.39, 0.29) is 12.1 Å². The molecule has 0 heterocycles. The highest BCUT2D eigenvalue weighted by atomic mass is 79.9. The fourth-order valence-corrected chi connectivity index (χ4v) is 9.14. The Morgan fingerprint density at radius 1 is 1.09 bits per heavy atom. The number of rotatable bonds is 7. The minimum absolute atomic E-state index is 0.0524. The van der Waals surface area contributed by atoms with Crippen LogP contribution in [0.15, 0.2) is 11.6 Å². The molecule has 0 unspecified atom stereocenters. The molecule has 0 aliphatic heterocycles.